The predicted molar refractivity (Wildman–Crippen MR) is 126 cm³/mol. The molecule has 2 aromatic carbocycles. The summed E-state index contributed by atoms with van der Waals surface area (Å²) in [4.78, 5) is 13.0. The second-order valence-corrected chi connectivity index (χ2v) is 9.95. The molecule has 1 aliphatic rings. The van der Waals surface area contributed by atoms with Crippen LogP contribution >= 0.6 is 11.6 Å². The number of nitrogens with one attached hydrogen (secondary N) is 2. The summed E-state index contributed by atoms with van der Waals surface area (Å²) in [5, 5.41) is 11.3. The van der Waals surface area contributed by atoms with Gasteiger partial charge in [0.1, 0.15) is 0 Å². The molecule has 3 aromatic rings. The van der Waals surface area contributed by atoms with Gasteiger partial charge in [-0.2, -0.15) is 18.3 Å². The first-order chi connectivity index (χ1) is 15.9. The molecule has 0 aliphatic carbocycles. The van der Waals surface area contributed by atoms with Crippen LogP contribution < -0.4 is 10.6 Å². The lowest BCUT2D eigenvalue weighted by Crippen LogP contribution is -2.36. The van der Waals surface area contributed by atoms with Crippen molar-refractivity contribution in [3.63, 3.8) is 0 Å². The molecule has 9 heteroatoms. The van der Waals surface area contributed by atoms with Crippen molar-refractivity contribution in [1.82, 2.24) is 15.1 Å². The van der Waals surface area contributed by atoms with Crippen molar-refractivity contribution in [2.75, 3.05) is 5.32 Å². The zero-order valence-corrected chi connectivity index (χ0v) is 19.8. The third-order valence-corrected chi connectivity index (χ3v) is 6.17. The molecular weight excluding hydrogens is 465 g/mol. The molecule has 4 rings (SSSR count). The molecule has 2 heterocycles. The van der Waals surface area contributed by atoms with E-state index < -0.39 is 23.8 Å². The van der Waals surface area contributed by atoms with E-state index in [2.05, 4.69) is 10.6 Å². The van der Waals surface area contributed by atoms with Crippen LogP contribution in [0.15, 0.2) is 60.8 Å². The Bertz CT molecular complexity index is 1190. The Balaban J connectivity index is 1.65. The lowest BCUT2D eigenvalue weighted by atomic mass is 9.90. The highest BCUT2D eigenvalue weighted by Gasteiger charge is 2.41. The summed E-state index contributed by atoms with van der Waals surface area (Å²) in [6, 6.07) is 12.8. The second-order valence-electron chi connectivity index (χ2n) is 9.52. The molecule has 2 N–H and O–H groups in total. The average Bonchev–Trinajstić information content (AvgIpc) is 3.41. The number of benzene rings is 2. The summed E-state index contributed by atoms with van der Waals surface area (Å²) < 4.78 is 42.0. The van der Waals surface area contributed by atoms with Gasteiger partial charge >= 0.3 is 6.18 Å². The number of hydrogen-bond acceptors (Lipinski definition) is 3. The molecule has 0 spiro atoms. The summed E-state index contributed by atoms with van der Waals surface area (Å²) in [6.07, 6.45) is -2.21. The molecule has 0 unspecified atom stereocenters. The molecule has 0 radical (unpaired) electrons. The molecular formula is C25H26ClF3N4O. The first kappa shape index (κ1) is 24.3. The number of alkyl halides is 3. The first-order valence-corrected chi connectivity index (χ1v) is 11.4. The minimum absolute atomic E-state index is 0.251. The standard InChI is InChI=1S/C25H26ClF3N4O/c1-24(2,3)33-11-10-20(32-33)19-14-21(23(34)30-18-9-5-8-17(26)13-18)31-22(19)15-6-4-7-16(12-15)25(27,28)29/h4-13,19,21-22,31H,14H2,1-3H3,(H,30,34)/t19-,21+,22+/m1/s1. The Hall–Kier alpha value is -2.84. The summed E-state index contributed by atoms with van der Waals surface area (Å²) in [6.45, 7) is 6.05. The van der Waals surface area contributed by atoms with Crippen molar-refractivity contribution in [2.45, 2.75) is 56.9 Å². The number of anilines is 1. The highest BCUT2D eigenvalue weighted by atomic mass is 35.5. The van der Waals surface area contributed by atoms with E-state index >= 15 is 0 Å². The van der Waals surface area contributed by atoms with Gasteiger partial charge in [0, 0.05) is 28.9 Å². The smallest absolute Gasteiger partial charge is 0.325 e. The largest absolute Gasteiger partial charge is 0.416 e. The number of amides is 1. The summed E-state index contributed by atoms with van der Waals surface area (Å²) in [5.74, 6) is -0.570. The Morgan fingerprint density at radius 1 is 1.12 bits per heavy atom. The molecule has 180 valence electrons. The van der Waals surface area contributed by atoms with Gasteiger partial charge in [0.05, 0.1) is 22.8 Å². The van der Waals surface area contributed by atoms with Crippen molar-refractivity contribution in [3.8, 4) is 0 Å². The maximum absolute atomic E-state index is 13.4. The van der Waals surface area contributed by atoms with Gasteiger partial charge in [-0.15, -0.1) is 0 Å². The average molecular weight is 491 g/mol. The summed E-state index contributed by atoms with van der Waals surface area (Å²) in [7, 11) is 0. The lowest BCUT2D eigenvalue weighted by molar-refractivity contribution is -0.137. The van der Waals surface area contributed by atoms with Crippen LogP contribution in [0, 0.1) is 0 Å². The quantitative estimate of drug-likeness (QED) is 0.462. The highest BCUT2D eigenvalue weighted by Crippen LogP contribution is 2.41. The predicted octanol–water partition coefficient (Wildman–Crippen LogP) is 6.14. The van der Waals surface area contributed by atoms with Crippen LogP contribution in [0.1, 0.15) is 56.0 Å². The second kappa shape index (κ2) is 9.07. The zero-order valence-electron chi connectivity index (χ0n) is 19.0. The van der Waals surface area contributed by atoms with E-state index in [1.54, 1.807) is 30.3 Å². The van der Waals surface area contributed by atoms with E-state index in [0.717, 1.165) is 17.8 Å². The molecule has 0 bridgehead atoms. The number of hydrogen-bond donors (Lipinski definition) is 2. The van der Waals surface area contributed by atoms with Gasteiger partial charge in [-0.3, -0.25) is 14.8 Å². The van der Waals surface area contributed by atoms with Gasteiger partial charge < -0.3 is 5.32 Å². The van der Waals surface area contributed by atoms with E-state index in [-0.39, 0.29) is 17.4 Å². The van der Waals surface area contributed by atoms with Crippen molar-refractivity contribution >= 4 is 23.2 Å². The molecule has 5 nitrogen and oxygen atoms in total. The Morgan fingerprint density at radius 3 is 2.50 bits per heavy atom. The molecule has 0 saturated carbocycles. The maximum atomic E-state index is 13.4. The van der Waals surface area contributed by atoms with E-state index in [0.29, 0.717) is 22.7 Å². The molecule has 1 aromatic heterocycles. The van der Waals surface area contributed by atoms with Gasteiger partial charge in [-0.1, -0.05) is 29.8 Å². The lowest BCUT2D eigenvalue weighted by Gasteiger charge is -2.21. The third-order valence-electron chi connectivity index (χ3n) is 5.93. The van der Waals surface area contributed by atoms with E-state index in [9.17, 15) is 18.0 Å². The van der Waals surface area contributed by atoms with Gasteiger partial charge in [0.25, 0.3) is 0 Å². The van der Waals surface area contributed by atoms with Crippen LogP contribution in [-0.4, -0.2) is 21.7 Å². The first-order valence-electron chi connectivity index (χ1n) is 11.0. The van der Waals surface area contributed by atoms with E-state index in [1.165, 1.54) is 6.07 Å². The number of rotatable bonds is 4. The van der Waals surface area contributed by atoms with E-state index in [1.807, 2.05) is 37.7 Å². The number of carbonyl (C=O) groups is 1. The monoisotopic (exact) mass is 490 g/mol. The van der Waals surface area contributed by atoms with Gasteiger partial charge in [0.15, 0.2) is 0 Å². The molecule has 34 heavy (non-hydrogen) atoms. The van der Waals surface area contributed by atoms with Gasteiger partial charge in [0.2, 0.25) is 5.91 Å². The third kappa shape index (κ3) is 5.28. The van der Waals surface area contributed by atoms with Crippen LogP contribution in [0.4, 0.5) is 18.9 Å². The fraction of sp³-hybridized carbons (Fsp3) is 0.360. The molecule has 1 fully saturated rings. The minimum atomic E-state index is -4.46. The number of aromatic nitrogens is 2. The van der Waals surface area contributed by atoms with Crippen LogP contribution in [0.25, 0.3) is 0 Å². The summed E-state index contributed by atoms with van der Waals surface area (Å²) in [5.41, 5.74) is 0.762. The zero-order chi connectivity index (χ0) is 24.7. The van der Waals surface area contributed by atoms with Crippen LogP contribution in [0.5, 0.6) is 0 Å². The minimum Gasteiger partial charge on any atom is -0.325 e. The Labute approximate surface area is 201 Å². The fourth-order valence-corrected chi connectivity index (χ4v) is 4.40. The van der Waals surface area contributed by atoms with E-state index in [4.69, 9.17) is 16.7 Å². The molecule has 1 amide bonds. The Morgan fingerprint density at radius 2 is 1.85 bits per heavy atom. The fourth-order valence-electron chi connectivity index (χ4n) is 4.21. The van der Waals surface area contributed by atoms with Crippen molar-refractivity contribution < 1.29 is 18.0 Å². The Kier molecular flexibility index (Phi) is 6.48. The molecule has 1 saturated heterocycles. The van der Waals surface area contributed by atoms with Gasteiger partial charge in [-0.05, 0) is 69.2 Å². The summed E-state index contributed by atoms with van der Waals surface area (Å²) >= 11 is 6.02. The number of halogens is 4. The molecule has 1 aliphatic heterocycles. The van der Waals surface area contributed by atoms with Crippen molar-refractivity contribution in [1.29, 1.82) is 0 Å². The van der Waals surface area contributed by atoms with Crippen molar-refractivity contribution in [2.24, 2.45) is 0 Å². The van der Waals surface area contributed by atoms with Crippen LogP contribution in [-0.2, 0) is 16.5 Å². The topological polar surface area (TPSA) is 59.0 Å². The number of nitrogens with zero attached hydrogens (tertiary/aromatic N) is 2. The van der Waals surface area contributed by atoms with Crippen LogP contribution in [0.3, 0.4) is 0 Å². The van der Waals surface area contributed by atoms with Crippen LogP contribution in [0.2, 0.25) is 5.02 Å². The SMILES string of the molecule is CC(C)(C)n1ccc([C@H]2C[C@@H](C(=O)Nc3cccc(Cl)c3)N[C@H]2c2cccc(C(F)(F)F)c2)n1. The normalized spacial score (nSPS) is 21.0. The molecule has 3 atom stereocenters. The van der Waals surface area contributed by atoms with Crippen molar-refractivity contribution in [3.05, 3.63) is 82.6 Å². The van der Waals surface area contributed by atoms with Gasteiger partial charge in [-0.25, -0.2) is 0 Å². The number of carbonyl (C=O) groups excluding carboxylic acids is 1. The maximum Gasteiger partial charge on any atom is 0.416 e. The highest BCUT2D eigenvalue weighted by molar-refractivity contribution is 6.30.